The third kappa shape index (κ3) is 8.97. The van der Waals surface area contributed by atoms with E-state index in [4.69, 9.17) is 5.11 Å². The fourth-order valence-electron chi connectivity index (χ4n) is 7.52. The first kappa shape index (κ1) is 40.1. The lowest BCUT2D eigenvalue weighted by molar-refractivity contribution is -0.438. The third-order valence-corrected chi connectivity index (χ3v) is 11.3. The summed E-state index contributed by atoms with van der Waals surface area (Å²) < 4.78 is 35.8. The van der Waals surface area contributed by atoms with Crippen molar-refractivity contribution < 1.29 is 32.4 Å². The Labute approximate surface area is 318 Å². The van der Waals surface area contributed by atoms with Crippen LogP contribution < -0.4 is 4.90 Å². The molecule has 0 saturated heterocycles. The quantitative estimate of drug-likeness (QED) is 0.0369. The molecule has 11 heteroatoms. The normalized spacial score (nSPS) is 17.0. The Morgan fingerprint density at radius 3 is 2.26 bits per heavy atom. The number of hydrogen-bond acceptors (Lipinski definition) is 6. The lowest BCUT2D eigenvalue weighted by Gasteiger charge is -2.27. The third-order valence-electron chi connectivity index (χ3n) is 10.4. The number of nitro benzene ring substituents is 1. The van der Waals surface area contributed by atoms with Crippen molar-refractivity contribution >= 4 is 38.9 Å². The highest BCUT2D eigenvalue weighted by molar-refractivity contribution is 7.85. The highest BCUT2D eigenvalue weighted by atomic mass is 32.2. The summed E-state index contributed by atoms with van der Waals surface area (Å²) in [5.41, 5.74) is 7.92. The van der Waals surface area contributed by atoms with Crippen LogP contribution in [-0.4, -0.2) is 52.3 Å². The van der Waals surface area contributed by atoms with Gasteiger partial charge in [-0.15, -0.1) is 0 Å². The Morgan fingerprint density at radius 2 is 1.57 bits per heavy atom. The number of nitro groups is 1. The Hall–Kier alpha value is -5.13. The molecule has 2 heterocycles. The molecule has 0 aliphatic carbocycles. The number of carboxylic acid groups (broad SMARTS) is 1. The van der Waals surface area contributed by atoms with E-state index in [-0.39, 0.29) is 27.3 Å². The van der Waals surface area contributed by atoms with Crippen LogP contribution in [0.1, 0.15) is 82.1 Å². The predicted octanol–water partition coefficient (Wildman–Crippen LogP) is 9.15. The molecule has 2 aliphatic heterocycles. The van der Waals surface area contributed by atoms with Crippen molar-refractivity contribution in [1.29, 1.82) is 0 Å². The topological polar surface area (TPSA) is 141 Å². The van der Waals surface area contributed by atoms with Gasteiger partial charge in [-0.1, -0.05) is 74.1 Å². The lowest BCUT2D eigenvalue weighted by atomic mass is 9.81. The summed E-state index contributed by atoms with van der Waals surface area (Å²) in [6.07, 6.45) is 18.0. The smallest absolute Gasteiger partial charge is 0.303 e. The Kier molecular flexibility index (Phi) is 12.2. The van der Waals surface area contributed by atoms with Gasteiger partial charge in [0, 0.05) is 66.0 Å². The second kappa shape index (κ2) is 16.5. The van der Waals surface area contributed by atoms with E-state index < -0.39 is 21.5 Å². The van der Waals surface area contributed by atoms with E-state index in [1.54, 1.807) is 18.2 Å². The highest BCUT2D eigenvalue weighted by Gasteiger charge is 2.45. The first-order chi connectivity index (χ1) is 25.5. The van der Waals surface area contributed by atoms with Crippen molar-refractivity contribution in [3.05, 3.63) is 141 Å². The molecule has 0 bridgehead atoms. The average Bonchev–Trinajstić information content (AvgIpc) is 3.44. The molecular formula is C43H50N3O7S+. The van der Waals surface area contributed by atoms with Gasteiger partial charge in [-0.05, 0) is 81.9 Å². The van der Waals surface area contributed by atoms with Gasteiger partial charge in [0.2, 0.25) is 5.69 Å². The second-order valence-corrected chi connectivity index (χ2v) is 16.4. The summed E-state index contributed by atoms with van der Waals surface area (Å²) in [6.45, 7) is 12.1. The monoisotopic (exact) mass is 752 g/mol. The molecular weight excluding hydrogens is 703 g/mol. The number of unbranched alkanes of at least 4 members (excludes halogenated alkanes) is 2. The van der Waals surface area contributed by atoms with Gasteiger partial charge in [-0.3, -0.25) is 19.5 Å². The fourth-order valence-corrected chi connectivity index (χ4v) is 8.03. The number of aryl methyl sites for hydroxylation is 2. The van der Waals surface area contributed by atoms with E-state index in [2.05, 4.69) is 54.5 Å². The van der Waals surface area contributed by atoms with Crippen LogP contribution in [0.25, 0.3) is 0 Å². The molecule has 0 radical (unpaired) electrons. The molecule has 0 spiro atoms. The largest absolute Gasteiger partial charge is 0.481 e. The van der Waals surface area contributed by atoms with Gasteiger partial charge in [-0.25, -0.2) is 0 Å². The van der Waals surface area contributed by atoms with Crippen LogP contribution in [0.2, 0.25) is 0 Å². The summed E-state index contributed by atoms with van der Waals surface area (Å²) in [7, 11) is -4.37. The number of nitrogens with zero attached hydrogens (tertiary/aromatic N) is 3. The van der Waals surface area contributed by atoms with Gasteiger partial charge >= 0.3 is 5.97 Å². The van der Waals surface area contributed by atoms with Crippen LogP contribution in [-0.2, 0) is 32.2 Å². The Morgan fingerprint density at radius 1 is 0.870 bits per heavy atom. The number of rotatable bonds is 16. The minimum atomic E-state index is -4.37. The number of carboxylic acids is 1. The molecule has 0 atom stereocenters. The maximum atomic E-state index is 12.0. The molecule has 5 rings (SSSR count). The van der Waals surface area contributed by atoms with E-state index in [1.165, 1.54) is 34.6 Å². The molecule has 2 aliphatic rings. The fraction of sp³-hybridized carbons (Fsp3) is 0.349. The van der Waals surface area contributed by atoms with E-state index in [0.717, 1.165) is 54.8 Å². The average molecular weight is 753 g/mol. The Bertz CT molecular complexity index is 2180. The molecule has 0 unspecified atom stereocenters. The van der Waals surface area contributed by atoms with Gasteiger partial charge in [0.15, 0.2) is 5.71 Å². The number of hydrogen-bond donors (Lipinski definition) is 2. The maximum absolute atomic E-state index is 12.0. The summed E-state index contributed by atoms with van der Waals surface area (Å²) in [6, 6.07) is 18.1. The van der Waals surface area contributed by atoms with Gasteiger partial charge in [0.05, 0.1) is 15.2 Å². The number of carbonyl (C=O) groups is 1. The van der Waals surface area contributed by atoms with E-state index in [9.17, 15) is 27.9 Å². The summed E-state index contributed by atoms with van der Waals surface area (Å²) in [5.74, 6) is -0.811. The van der Waals surface area contributed by atoms with Crippen LogP contribution >= 0.6 is 0 Å². The molecule has 3 aromatic carbocycles. The van der Waals surface area contributed by atoms with Crippen molar-refractivity contribution in [2.24, 2.45) is 0 Å². The first-order valence-electron chi connectivity index (χ1n) is 18.3. The number of anilines is 1. The molecule has 0 saturated carbocycles. The van der Waals surface area contributed by atoms with E-state index in [0.29, 0.717) is 13.0 Å². The van der Waals surface area contributed by atoms with Crippen LogP contribution in [0.15, 0.2) is 114 Å². The van der Waals surface area contributed by atoms with Crippen LogP contribution in [0.4, 0.5) is 17.1 Å². The zero-order valence-electron chi connectivity index (χ0n) is 31.7. The zero-order valence-corrected chi connectivity index (χ0v) is 32.5. The SMILES string of the molecule is Cc1ccc2c(c1)C(C)(C)C(=CC=CC=CC=CC1=[N+](CCCCCC(=O)O)c3ccc(S(=O)(=O)O)cc3C1(C)C)N2CCCc1ccc([N+](=O)[O-])cc1. The van der Waals surface area contributed by atoms with Crippen molar-refractivity contribution in [1.82, 2.24) is 0 Å². The molecule has 54 heavy (non-hydrogen) atoms. The van der Waals surface area contributed by atoms with Crippen molar-refractivity contribution in [3.63, 3.8) is 0 Å². The number of fused-ring (bicyclic) bond motifs is 2. The van der Waals surface area contributed by atoms with Crippen molar-refractivity contribution in [3.8, 4) is 0 Å². The number of non-ortho nitro benzene ring substituents is 1. The molecule has 2 N–H and O–H groups in total. The van der Waals surface area contributed by atoms with Gasteiger partial charge < -0.3 is 10.0 Å². The molecule has 0 aromatic heterocycles. The molecule has 284 valence electrons. The lowest BCUT2D eigenvalue weighted by Crippen LogP contribution is -2.28. The standard InChI is InChI=1S/C43H49N3O7S/c1-31-19-25-37-35(29-31)42(2,3)39(45(37)28-14-15-32-20-22-33(23-21-32)46(49)50)16-10-7-6-8-11-17-40-43(4,5)36-30-34(54(51,52)53)24-26-38(36)44(40)27-13-9-12-18-41(47)48/h6-8,10-11,16-17,19-26,29-30H,9,12-15,18,27-28H2,1-5H3,(H-,47,48,51,52,53)/p+1. The van der Waals surface area contributed by atoms with Crippen molar-refractivity contribution in [2.75, 3.05) is 18.0 Å². The summed E-state index contributed by atoms with van der Waals surface area (Å²) in [4.78, 5) is 23.9. The molecule has 0 fully saturated rings. The van der Waals surface area contributed by atoms with E-state index >= 15 is 0 Å². The number of benzene rings is 3. The Balaban J connectivity index is 1.33. The first-order valence-corrected chi connectivity index (χ1v) is 19.8. The van der Waals surface area contributed by atoms with Gasteiger partial charge in [-0.2, -0.15) is 13.0 Å². The van der Waals surface area contributed by atoms with Crippen LogP contribution in [0.3, 0.4) is 0 Å². The van der Waals surface area contributed by atoms with Crippen LogP contribution in [0.5, 0.6) is 0 Å². The summed E-state index contributed by atoms with van der Waals surface area (Å²) in [5, 5.41) is 20.1. The minimum Gasteiger partial charge on any atom is -0.481 e. The summed E-state index contributed by atoms with van der Waals surface area (Å²) >= 11 is 0. The number of allylic oxidation sites excluding steroid dienone is 8. The molecule has 10 nitrogen and oxygen atoms in total. The second-order valence-electron chi connectivity index (χ2n) is 15.0. The molecule has 0 amide bonds. The van der Waals surface area contributed by atoms with E-state index in [1.807, 2.05) is 62.4 Å². The predicted molar refractivity (Wildman–Crippen MR) is 214 cm³/mol. The maximum Gasteiger partial charge on any atom is 0.303 e. The number of aliphatic carboxylic acids is 1. The van der Waals surface area contributed by atoms with Gasteiger partial charge in [0.1, 0.15) is 6.54 Å². The van der Waals surface area contributed by atoms with Gasteiger partial charge in [0.25, 0.3) is 15.8 Å². The zero-order chi connectivity index (χ0) is 39.3. The minimum absolute atomic E-state index is 0.0955. The van der Waals surface area contributed by atoms with Crippen LogP contribution in [0, 0.1) is 17.0 Å². The molecule has 3 aromatic rings. The highest BCUT2D eigenvalue weighted by Crippen LogP contribution is 2.48. The van der Waals surface area contributed by atoms with Crippen molar-refractivity contribution in [2.45, 2.75) is 88.9 Å².